The van der Waals surface area contributed by atoms with Crippen LogP contribution in [0.15, 0.2) is 36.4 Å². The summed E-state index contributed by atoms with van der Waals surface area (Å²) in [7, 11) is 0. The van der Waals surface area contributed by atoms with E-state index in [0.717, 1.165) is 31.7 Å². The second-order valence-corrected chi connectivity index (χ2v) is 8.10. The summed E-state index contributed by atoms with van der Waals surface area (Å²) in [6, 6.07) is 9.33. The Kier molecular flexibility index (Phi) is 7.56. The molecule has 0 saturated heterocycles. The molecule has 4 nitrogen and oxygen atoms in total. The Morgan fingerprint density at radius 2 is 1.90 bits per heavy atom. The van der Waals surface area contributed by atoms with Gasteiger partial charge in [0.05, 0.1) is 12.1 Å². The lowest BCUT2D eigenvalue weighted by Gasteiger charge is -2.30. The van der Waals surface area contributed by atoms with Gasteiger partial charge in [-0.1, -0.05) is 25.1 Å². The standard InChI is InChI=1S/C24H30F2N2O2/c1-3-16-7-8-18-5-4-6-22(21(18)11-16)27-14-24(30)23(28-15(2)29)12-17-9-19(25)13-20(26)10-17/h7-11,13,22-24,27,30H,3-6,12,14H2,1-2H3,(H,28,29)/t22?,23-,24-/m0/s1. The van der Waals surface area contributed by atoms with E-state index in [4.69, 9.17) is 0 Å². The van der Waals surface area contributed by atoms with Gasteiger partial charge in [0.1, 0.15) is 11.6 Å². The van der Waals surface area contributed by atoms with Crippen LogP contribution in [0.2, 0.25) is 0 Å². The van der Waals surface area contributed by atoms with Crippen molar-refractivity contribution in [1.82, 2.24) is 10.6 Å². The number of fused-ring (bicyclic) bond motifs is 1. The van der Waals surface area contributed by atoms with E-state index in [2.05, 4.69) is 35.8 Å². The van der Waals surface area contributed by atoms with Gasteiger partial charge < -0.3 is 15.7 Å². The Morgan fingerprint density at radius 3 is 2.57 bits per heavy atom. The summed E-state index contributed by atoms with van der Waals surface area (Å²) in [5.74, 6) is -1.65. The highest BCUT2D eigenvalue weighted by atomic mass is 19.1. The monoisotopic (exact) mass is 416 g/mol. The summed E-state index contributed by atoms with van der Waals surface area (Å²) in [4.78, 5) is 11.6. The number of halogens is 2. The molecule has 1 unspecified atom stereocenters. The molecule has 3 atom stereocenters. The molecule has 0 bridgehead atoms. The van der Waals surface area contributed by atoms with Crippen LogP contribution in [-0.2, 0) is 24.1 Å². The molecular weight excluding hydrogens is 386 g/mol. The number of hydrogen-bond acceptors (Lipinski definition) is 3. The fourth-order valence-corrected chi connectivity index (χ4v) is 4.21. The minimum Gasteiger partial charge on any atom is -0.390 e. The van der Waals surface area contributed by atoms with Crippen LogP contribution >= 0.6 is 0 Å². The maximum Gasteiger partial charge on any atom is 0.217 e. The Morgan fingerprint density at radius 1 is 1.17 bits per heavy atom. The number of carbonyl (C=O) groups excluding carboxylic acids is 1. The Bertz CT molecular complexity index is 867. The molecule has 0 saturated carbocycles. The first-order chi connectivity index (χ1) is 14.4. The van der Waals surface area contributed by atoms with E-state index in [9.17, 15) is 18.7 Å². The highest BCUT2D eigenvalue weighted by Gasteiger charge is 2.25. The SMILES string of the molecule is CCc1ccc2c(c1)C(NC[C@H](O)[C@H](Cc1cc(F)cc(F)c1)NC(C)=O)CCC2. The number of amides is 1. The van der Waals surface area contributed by atoms with Crippen molar-refractivity contribution in [1.29, 1.82) is 0 Å². The molecular formula is C24H30F2N2O2. The largest absolute Gasteiger partial charge is 0.390 e. The lowest BCUT2D eigenvalue weighted by atomic mass is 9.86. The third-order valence-electron chi connectivity index (χ3n) is 5.74. The van der Waals surface area contributed by atoms with E-state index in [1.165, 1.54) is 35.7 Å². The molecule has 1 aliphatic rings. The fraction of sp³-hybridized carbons (Fsp3) is 0.458. The van der Waals surface area contributed by atoms with Crippen molar-refractivity contribution in [2.45, 2.75) is 64.1 Å². The van der Waals surface area contributed by atoms with Crippen molar-refractivity contribution in [3.05, 3.63) is 70.3 Å². The van der Waals surface area contributed by atoms with Gasteiger partial charge in [-0.05, 0) is 66.5 Å². The van der Waals surface area contributed by atoms with Crippen molar-refractivity contribution in [3.63, 3.8) is 0 Å². The van der Waals surface area contributed by atoms with E-state index in [-0.39, 0.29) is 24.9 Å². The first-order valence-electron chi connectivity index (χ1n) is 10.6. The molecule has 0 spiro atoms. The highest BCUT2D eigenvalue weighted by Crippen LogP contribution is 2.30. The third kappa shape index (κ3) is 5.86. The van der Waals surface area contributed by atoms with Gasteiger partial charge in [0.25, 0.3) is 0 Å². The van der Waals surface area contributed by atoms with Gasteiger partial charge in [0.2, 0.25) is 5.91 Å². The zero-order valence-corrected chi connectivity index (χ0v) is 17.6. The van der Waals surface area contributed by atoms with Crippen LogP contribution in [0.25, 0.3) is 0 Å². The first-order valence-corrected chi connectivity index (χ1v) is 10.6. The summed E-state index contributed by atoms with van der Waals surface area (Å²) in [5.41, 5.74) is 4.28. The summed E-state index contributed by atoms with van der Waals surface area (Å²) < 4.78 is 27.1. The predicted molar refractivity (Wildman–Crippen MR) is 113 cm³/mol. The number of benzene rings is 2. The molecule has 162 valence electrons. The summed E-state index contributed by atoms with van der Waals surface area (Å²) in [6.45, 7) is 3.76. The predicted octanol–water partition coefficient (Wildman–Crippen LogP) is 3.60. The normalized spacial score (nSPS) is 17.8. The van der Waals surface area contributed by atoms with Crippen LogP contribution in [0.3, 0.4) is 0 Å². The van der Waals surface area contributed by atoms with Gasteiger partial charge in [0.15, 0.2) is 0 Å². The Balaban J connectivity index is 1.69. The lowest BCUT2D eigenvalue weighted by Crippen LogP contribution is -2.48. The van der Waals surface area contributed by atoms with Gasteiger partial charge >= 0.3 is 0 Å². The number of aliphatic hydroxyl groups excluding tert-OH is 1. The average Bonchev–Trinajstić information content (AvgIpc) is 2.70. The van der Waals surface area contributed by atoms with Gasteiger partial charge in [0, 0.05) is 25.6 Å². The van der Waals surface area contributed by atoms with E-state index < -0.39 is 23.8 Å². The van der Waals surface area contributed by atoms with E-state index in [1.54, 1.807) is 0 Å². The fourth-order valence-electron chi connectivity index (χ4n) is 4.21. The van der Waals surface area contributed by atoms with Crippen molar-refractivity contribution < 1.29 is 18.7 Å². The number of rotatable bonds is 8. The molecule has 3 rings (SSSR count). The summed E-state index contributed by atoms with van der Waals surface area (Å²) in [5, 5.41) is 16.9. The topological polar surface area (TPSA) is 61.4 Å². The molecule has 6 heteroatoms. The zero-order chi connectivity index (χ0) is 21.7. The molecule has 2 aromatic carbocycles. The third-order valence-corrected chi connectivity index (χ3v) is 5.74. The van der Waals surface area contributed by atoms with Gasteiger partial charge in [-0.15, -0.1) is 0 Å². The van der Waals surface area contributed by atoms with E-state index in [1.807, 2.05) is 0 Å². The summed E-state index contributed by atoms with van der Waals surface area (Å²) in [6.07, 6.45) is 3.31. The Hall–Kier alpha value is -2.31. The minimum absolute atomic E-state index is 0.137. The second kappa shape index (κ2) is 10.1. The van der Waals surface area contributed by atoms with Crippen molar-refractivity contribution in [3.8, 4) is 0 Å². The molecule has 0 radical (unpaired) electrons. The molecule has 1 aliphatic carbocycles. The van der Waals surface area contributed by atoms with Gasteiger partial charge in [-0.3, -0.25) is 4.79 Å². The second-order valence-electron chi connectivity index (χ2n) is 8.10. The minimum atomic E-state index is -0.903. The lowest BCUT2D eigenvalue weighted by molar-refractivity contribution is -0.120. The van der Waals surface area contributed by atoms with E-state index >= 15 is 0 Å². The molecule has 0 aliphatic heterocycles. The average molecular weight is 417 g/mol. The maximum absolute atomic E-state index is 13.5. The quantitative estimate of drug-likeness (QED) is 0.616. The highest BCUT2D eigenvalue weighted by molar-refractivity contribution is 5.73. The molecule has 0 heterocycles. The molecule has 0 fully saturated rings. The number of nitrogens with one attached hydrogen (secondary N) is 2. The van der Waals surface area contributed by atoms with Crippen LogP contribution < -0.4 is 10.6 Å². The zero-order valence-electron chi connectivity index (χ0n) is 17.6. The molecule has 3 N–H and O–H groups in total. The molecule has 2 aromatic rings. The Labute approximate surface area is 176 Å². The summed E-state index contributed by atoms with van der Waals surface area (Å²) >= 11 is 0. The van der Waals surface area contributed by atoms with Crippen LogP contribution in [0, 0.1) is 11.6 Å². The number of hydrogen-bond donors (Lipinski definition) is 3. The van der Waals surface area contributed by atoms with Crippen molar-refractivity contribution in [2.75, 3.05) is 6.54 Å². The maximum atomic E-state index is 13.5. The van der Waals surface area contributed by atoms with Crippen LogP contribution in [0.1, 0.15) is 55.0 Å². The van der Waals surface area contributed by atoms with Crippen LogP contribution in [0.4, 0.5) is 8.78 Å². The van der Waals surface area contributed by atoms with Crippen molar-refractivity contribution >= 4 is 5.91 Å². The molecule has 0 aromatic heterocycles. The van der Waals surface area contributed by atoms with Crippen molar-refractivity contribution in [2.24, 2.45) is 0 Å². The first kappa shape index (κ1) is 22.4. The van der Waals surface area contributed by atoms with Gasteiger partial charge in [-0.25, -0.2) is 8.78 Å². The van der Waals surface area contributed by atoms with Crippen LogP contribution in [0.5, 0.6) is 0 Å². The number of carbonyl (C=O) groups is 1. The smallest absolute Gasteiger partial charge is 0.217 e. The number of aryl methyl sites for hydroxylation is 2. The van der Waals surface area contributed by atoms with E-state index in [0.29, 0.717) is 5.56 Å². The molecule has 30 heavy (non-hydrogen) atoms. The number of aliphatic hydroxyl groups is 1. The molecule has 1 amide bonds. The van der Waals surface area contributed by atoms with Crippen LogP contribution in [-0.4, -0.2) is 29.7 Å². The van der Waals surface area contributed by atoms with Gasteiger partial charge in [-0.2, -0.15) is 0 Å².